The fourth-order valence-electron chi connectivity index (χ4n) is 8.59. The maximum absolute atomic E-state index is 13.5. The molecule has 80 heavy (non-hydrogen) atoms. The topological polar surface area (TPSA) is 396 Å². The van der Waals surface area contributed by atoms with E-state index < -0.39 is 101 Å². The van der Waals surface area contributed by atoms with Gasteiger partial charge in [-0.1, -0.05) is 30.5 Å². The zero-order chi connectivity index (χ0) is 57.1. The second kappa shape index (κ2) is 28.6. The molecule has 4 aromatic rings. The standard InChI is InChI=1S/C48H55Br2N9O19S.CH4/c1-2-25-4-3-5-28(18-25)55-43-36-44(59(24-53-36)30-20-27(37(62)38(30)63)22-76-79(51,71)72)57(23-54-43)21-26-6-7-31(77-48-41(66)39(64)40(65)42(78-48)47(69)70)29(19-26)56-33(61)8-10-52-32(60)9-12-73-14-16-75-17-15-74-13-11-58-45(67)34(49)35(50)46(58)68;/h1,3-7,18-19,23-24,27,30,37-42,48,62-66H,8-17,20-22H2,(H5,51,52,56,60,61,69,70,71,72);1H4/p+1/t27-,30-,37-,38+,39+,40+,41-,42+,48-;/m1./s1. The fraction of sp³-hybridized carbons (Fsp3) is 0.469. The maximum atomic E-state index is 13.5. The Bertz CT molecular complexity index is 3070. The first-order chi connectivity index (χ1) is 37.6. The number of nitrogens with two attached hydrogens (primary N) is 1. The van der Waals surface area contributed by atoms with Crippen LogP contribution < -0.4 is 30.4 Å². The molecular weight excluding hydrogens is 1210 g/mol. The normalized spacial score (nSPS) is 23.0. The van der Waals surface area contributed by atoms with E-state index in [0.717, 1.165) is 4.90 Å². The fourth-order valence-corrected chi connectivity index (χ4v) is 9.72. The SMILES string of the molecule is C.C#Cc1cccc(Nc2nc[n+](Cc3ccc(O[C@@H]4O[C@H](C(=O)O)[C@@H](O)[C@H](O)[C@H]4O)c(NC(=O)CCNC(=O)CCOCCOCCOCCN4C(=O)C(Br)=C(Br)C4=O)c3)c3c2ncn3[C@@H]2C[C@H](COS(N)(=O)=O)[C@@H](O)[C@H]2O)c1. The lowest BCUT2D eigenvalue weighted by molar-refractivity contribution is -0.668. The molecule has 7 rings (SSSR count). The number of nitrogens with one attached hydrogen (secondary N) is 3. The van der Waals surface area contributed by atoms with Gasteiger partial charge in [0.2, 0.25) is 30.2 Å². The Morgan fingerprint density at radius 3 is 2.24 bits per heavy atom. The number of fused-ring (bicyclic) bond motifs is 1. The number of amides is 4. The highest BCUT2D eigenvalue weighted by molar-refractivity contribution is 9.14. The summed E-state index contributed by atoms with van der Waals surface area (Å²) in [5.74, 6) is -1.88. The summed E-state index contributed by atoms with van der Waals surface area (Å²) in [6, 6.07) is 10.4. The zero-order valence-corrected chi connectivity index (χ0v) is 45.6. The van der Waals surface area contributed by atoms with Crippen molar-refractivity contribution in [2.45, 2.75) is 82.2 Å². The van der Waals surface area contributed by atoms with Gasteiger partial charge in [-0.05, 0) is 74.2 Å². The number of hydrogen-bond acceptors (Lipinski definition) is 21. The third-order valence-corrected chi connectivity index (χ3v) is 15.1. The summed E-state index contributed by atoms with van der Waals surface area (Å²) in [5.41, 5.74) is 2.15. The predicted octanol–water partition coefficient (Wildman–Crippen LogP) is -0.843. The zero-order valence-electron chi connectivity index (χ0n) is 41.6. The molecule has 0 unspecified atom stereocenters. The van der Waals surface area contributed by atoms with Crippen LogP contribution in [0.15, 0.2) is 64.1 Å². The molecule has 4 amide bonds. The summed E-state index contributed by atoms with van der Waals surface area (Å²) in [7, 11) is -4.38. The van der Waals surface area contributed by atoms with Crippen LogP contribution in [0.25, 0.3) is 11.2 Å². The number of aromatic nitrogens is 4. The van der Waals surface area contributed by atoms with Gasteiger partial charge >= 0.3 is 16.3 Å². The second-order valence-electron chi connectivity index (χ2n) is 18.0. The van der Waals surface area contributed by atoms with Gasteiger partial charge in [0.05, 0.1) is 71.1 Å². The van der Waals surface area contributed by atoms with Gasteiger partial charge in [0.25, 0.3) is 17.5 Å². The number of carbonyl (C=O) groups excluding carboxylic acids is 4. The number of hydrogen-bond donors (Lipinski definition) is 10. The van der Waals surface area contributed by atoms with Crippen molar-refractivity contribution in [1.82, 2.24) is 24.8 Å². The number of terminal acetylenes is 1. The number of aliphatic hydroxyl groups is 5. The van der Waals surface area contributed by atoms with Crippen molar-refractivity contribution in [1.29, 1.82) is 0 Å². The lowest BCUT2D eigenvalue weighted by Crippen LogP contribution is -2.61. The number of carboxylic acids is 1. The Hall–Kier alpha value is -6.09. The number of ether oxygens (including phenoxy) is 5. The first-order valence-electron chi connectivity index (χ1n) is 24.2. The maximum Gasteiger partial charge on any atom is 0.335 e. The molecule has 2 aromatic heterocycles. The van der Waals surface area contributed by atoms with Crippen LogP contribution in [0.1, 0.15) is 43.9 Å². The summed E-state index contributed by atoms with van der Waals surface area (Å²) in [6.45, 7) is 0.274. The number of aliphatic carboxylic acids is 1. The van der Waals surface area contributed by atoms with E-state index in [9.17, 15) is 63.0 Å². The van der Waals surface area contributed by atoms with Crippen LogP contribution in [0.2, 0.25) is 0 Å². The molecular formula is C49H60Br2N9O19S+. The molecule has 1 aliphatic carbocycles. The van der Waals surface area contributed by atoms with Crippen molar-refractivity contribution in [2.75, 3.05) is 70.0 Å². The number of nitrogens with zero attached hydrogens (tertiary/aromatic N) is 5. The third-order valence-electron chi connectivity index (χ3n) is 12.6. The number of carbonyl (C=O) groups is 5. The highest BCUT2D eigenvalue weighted by atomic mass is 79.9. The number of imidazole rings is 1. The molecule has 11 N–H and O–H groups in total. The van der Waals surface area contributed by atoms with E-state index in [2.05, 4.69) is 63.7 Å². The molecule has 2 fully saturated rings. The smallest absolute Gasteiger partial charge is 0.335 e. The van der Waals surface area contributed by atoms with E-state index in [-0.39, 0.29) is 118 Å². The van der Waals surface area contributed by atoms with E-state index in [4.69, 9.17) is 39.4 Å². The van der Waals surface area contributed by atoms with E-state index in [0.29, 0.717) is 22.5 Å². The first kappa shape index (κ1) is 63.1. The molecule has 0 spiro atoms. The molecule has 1 saturated carbocycles. The molecule has 3 aliphatic rings. The molecule has 434 valence electrons. The van der Waals surface area contributed by atoms with Gasteiger partial charge in [-0.25, -0.2) is 24.1 Å². The van der Waals surface area contributed by atoms with E-state index in [1.165, 1.54) is 24.8 Å². The van der Waals surface area contributed by atoms with E-state index >= 15 is 0 Å². The Morgan fingerprint density at radius 1 is 0.875 bits per heavy atom. The predicted molar refractivity (Wildman–Crippen MR) is 286 cm³/mol. The molecule has 1 saturated heterocycles. The highest BCUT2D eigenvalue weighted by Gasteiger charge is 2.49. The molecule has 0 bridgehead atoms. The van der Waals surface area contributed by atoms with Crippen LogP contribution in [0.4, 0.5) is 17.2 Å². The second-order valence-corrected chi connectivity index (χ2v) is 20.8. The van der Waals surface area contributed by atoms with Crippen molar-refractivity contribution in [3.63, 3.8) is 0 Å². The van der Waals surface area contributed by atoms with Gasteiger partial charge in [0, 0.05) is 36.6 Å². The van der Waals surface area contributed by atoms with Crippen LogP contribution in [0.5, 0.6) is 5.75 Å². The average molecular weight is 1270 g/mol. The van der Waals surface area contributed by atoms with E-state index in [1.807, 2.05) is 0 Å². The summed E-state index contributed by atoms with van der Waals surface area (Å²) in [5, 5.41) is 77.2. The van der Waals surface area contributed by atoms with Gasteiger partial charge in [0.15, 0.2) is 17.9 Å². The Kier molecular flexibility index (Phi) is 22.5. The minimum Gasteiger partial charge on any atom is -0.479 e. The molecule has 2 aliphatic heterocycles. The van der Waals surface area contributed by atoms with Gasteiger partial charge in [-0.3, -0.25) is 28.3 Å². The van der Waals surface area contributed by atoms with Crippen LogP contribution >= 0.6 is 31.9 Å². The molecule has 31 heteroatoms. The molecule has 2 aromatic carbocycles. The third kappa shape index (κ3) is 15.9. The van der Waals surface area contributed by atoms with Crippen LogP contribution in [-0.4, -0.2) is 190 Å². The monoisotopic (exact) mass is 1270 g/mol. The summed E-state index contributed by atoms with van der Waals surface area (Å²) in [4.78, 5) is 72.5. The first-order valence-corrected chi connectivity index (χ1v) is 27.3. The van der Waals surface area contributed by atoms with Crippen molar-refractivity contribution in [3.8, 4) is 18.1 Å². The van der Waals surface area contributed by atoms with Crippen molar-refractivity contribution >= 4 is 100 Å². The Morgan fingerprint density at radius 2 is 1.56 bits per heavy atom. The van der Waals surface area contributed by atoms with Crippen LogP contribution in [0.3, 0.4) is 0 Å². The minimum absolute atomic E-state index is 0. The number of benzene rings is 2. The van der Waals surface area contributed by atoms with Crippen LogP contribution in [0, 0.1) is 18.3 Å². The number of aliphatic hydroxyl groups excluding tert-OH is 5. The summed E-state index contributed by atoms with van der Waals surface area (Å²) in [6.07, 6.45) is -4.56. The molecule has 0 radical (unpaired) electrons. The molecule has 4 heterocycles. The lowest BCUT2D eigenvalue weighted by atomic mass is 9.99. The molecule has 9 atom stereocenters. The van der Waals surface area contributed by atoms with Gasteiger partial charge in [0.1, 0.15) is 45.2 Å². The van der Waals surface area contributed by atoms with Gasteiger partial charge in [-0.15, -0.1) is 6.42 Å². The van der Waals surface area contributed by atoms with Crippen LogP contribution in [-0.2, 0) is 64.0 Å². The number of carboxylic acid groups (broad SMARTS) is 1. The quantitative estimate of drug-likeness (QED) is 0.0151. The van der Waals surface area contributed by atoms with E-state index in [1.54, 1.807) is 39.5 Å². The van der Waals surface area contributed by atoms with Gasteiger partial charge < -0.3 is 70.3 Å². The van der Waals surface area contributed by atoms with Crippen molar-refractivity contribution in [3.05, 3.63) is 75.2 Å². The number of anilines is 3. The number of rotatable bonds is 27. The highest BCUT2D eigenvalue weighted by Crippen LogP contribution is 2.38. The minimum atomic E-state index is -4.38. The summed E-state index contributed by atoms with van der Waals surface area (Å²) >= 11 is 6.12. The van der Waals surface area contributed by atoms with Crippen molar-refractivity contribution < 1.29 is 95.5 Å². The molecule has 28 nitrogen and oxygen atoms in total. The Balaban J connectivity index is 0.0000103. The largest absolute Gasteiger partial charge is 0.479 e. The number of imide groups is 1. The van der Waals surface area contributed by atoms with Crippen molar-refractivity contribution in [2.24, 2.45) is 11.1 Å². The average Bonchev–Trinajstić information content (AvgIpc) is 4.10. The van der Waals surface area contributed by atoms with Gasteiger partial charge in [-0.2, -0.15) is 8.42 Å². The summed E-state index contributed by atoms with van der Waals surface area (Å²) < 4.78 is 59.1. The Labute approximate surface area is 474 Å². The lowest BCUT2D eigenvalue weighted by Gasteiger charge is -2.38. The number of halogens is 2.